The van der Waals surface area contributed by atoms with E-state index in [-0.39, 0.29) is 0 Å². The zero-order valence-corrected chi connectivity index (χ0v) is 15.1. The standard InChI is InChI=1S/C18H28BrNO/c1-4-20-17(18(3)11-7-6-8-12-18)15-13-14(19)9-10-16(15)21-5-2/h9-10,13,17,20H,4-8,11-12H2,1-3H3. The zero-order chi connectivity index (χ0) is 15.3. The summed E-state index contributed by atoms with van der Waals surface area (Å²) in [6.07, 6.45) is 6.66. The van der Waals surface area contributed by atoms with Crippen LogP contribution in [0.3, 0.4) is 0 Å². The predicted molar refractivity (Wildman–Crippen MR) is 92.9 cm³/mol. The monoisotopic (exact) mass is 353 g/mol. The molecular weight excluding hydrogens is 326 g/mol. The first kappa shape index (κ1) is 16.8. The molecule has 1 atom stereocenters. The Morgan fingerprint density at radius 1 is 1.24 bits per heavy atom. The lowest BCUT2D eigenvalue weighted by atomic mass is 9.68. The van der Waals surface area contributed by atoms with Crippen molar-refractivity contribution >= 4 is 15.9 Å². The molecule has 0 heterocycles. The van der Waals surface area contributed by atoms with Crippen LogP contribution in [0, 0.1) is 5.41 Å². The van der Waals surface area contributed by atoms with Gasteiger partial charge >= 0.3 is 0 Å². The summed E-state index contributed by atoms with van der Waals surface area (Å²) < 4.78 is 7.02. The predicted octanol–water partition coefficient (Wildman–Crippen LogP) is 5.47. The van der Waals surface area contributed by atoms with Crippen LogP contribution < -0.4 is 10.1 Å². The quantitative estimate of drug-likeness (QED) is 0.731. The maximum absolute atomic E-state index is 5.89. The van der Waals surface area contributed by atoms with Crippen LogP contribution >= 0.6 is 15.9 Å². The lowest BCUT2D eigenvalue weighted by Gasteiger charge is -2.42. The maximum Gasteiger partial charge on any atom is 0.124 e. The number of halogens is 1. The smallest absolute Gasteiger partial charge is 0.124 e. The first-order valence-corrected chi connectivity index (χ1v) is 9.05. The summed E-state index contributed by atoms with van der Waals surface area (Å²) in [6, 6.07) is 6.76. The highest BCUT2D eigenvalue weighted by molar-refractivity contribution is 9.10. The van der Waals surface area contributed by atoms with Gasteiger partial charge in [0.15, 0.2) is 0 Å². The third-order valence-corrected chi connectivity index (χ3v) is 5.18. The van der Waals surface area contributed by atoms with Gasteiger partial charge in [-0.2, -0.15) is 0 Å². The molecule has 3 heteroatoms. The molecular formula is C18H28BrNO. The Morgan fingerprint density at radius 3 is 2.57 bits per heavy atom. The molecule has 1 aliphatic rings. The maximum atomic E-state index is 5.89. The topological polar surface area (TPSA) is 21.3 Å². The molecule has 1 N–H and O–H groups in total. The van der Waals surface area contributed by atoms with Crippen LogP contribution in [0.25, 0.3) is 0 Å². The minimum atomic E-state index is 0.320. The van der Waals surface area contributed by atoms with E-state index in [0.29, 0.717) is 18.1 Å². The fourth-order valence-corrected chi connectivity index (χ4v) is 3.99. The van der Waals surface area contributed by atoms with Gasteiger partial charge < -0.3 is 10.1 Å². The fraction of sp³-hybridized carbons (Fsp3) is 0.667. The van der Waals surface area contributed by atoms with Crippen molar-refractivity contribution in [3.05, 3.63) is 28.2 Å². The van der Waals surface area contributed by atoms with Gasteiger partial charge in [0.25, 0.3) is 0 Å². The number of benzene rings is 1. The van der Waals surface area contributed by atoms with Crippen LogP contribution in [0.5, 0.6) is 5.75 Å². The fourth-order valence-electron chi connectivity index (χ4n) is 3.62. The van der Waals surface area contributed by atoms with E-state index in [2.05, 4.69) is 60.2 Å². The molecule has 0 aromatic heterocycles. The second-order valence-corrected chi connectivity index (χ2v) is 7.24. The number of hydrogen-bond donors (Lipinski definition) is 1. The summed E-state index contributed by atoms with van der Waals surface area (Å²) in [5, 5.41) is 3.73. The Bertz CT molecular complexity index is 455. The minimum absolute atomic E-state index is 0.320. The summed E-state index contributed by atoms with van der Waals surface area (Å²) in [6.45, 7) is 8.38. The Morgan fingerprint density at radius 2 is 1.95 bits per heavy atom. The van der Waals surface area contributed by atoms with E-state index < -0.39 is 0 Å². The molecule has 21 heavy (non-hydrogen) atoms. The van der Waals surface area contributed by atoms with Gasteiger partial charge in [-0.1, -0.05) is 49.0 Å². The van der Waals surface area contributed by atoms with Crippen molar-refractivity contribution in [1.82, 2.24) is 5.32 Å². The molecule has 1 unspecified atom stereocenters. The van der Waals surface area contributed by atoms with E-state index in [4.69, 9.17) is 4.74 Å². The highest BCUT2D eigenvalue weighted by Crippen LogP contribution is 2.48. The van der Waals surface area contributed by atoms with Gasteiger partial charge in [0, 0.05) is 16.1 Å². The molecule has 118 valence electrons. The van der Waals surface area contributed by atoms with Gasteiger partial charge in [-0.15, -0.1) is 0 Å². The van der Waals surface area contributed by atoms with E-state index in [1.165, 1.54) is 37.7 Å². The van der Waals surface area contributed by atoms with Crippen molar-refractivity contribution in [2.75, 3.05) is 13.2 Å². The van der Waals surface area contributed by atoms with Crippen molar-refractivity contribution in [3.8, 4) is 5.75 Å². The van der Waals surface area contributed by atoms with Crippen LogP contribution in [-0.4, -0.2) is 13.2 Å². The molecule has 0 radical (unpaired) electrons. The van der Waals surface area contributed by atoms with Crippen molar-refractivity contribution in [3.63, 3.8) is 0 Å². The van der Waals surface area contributed by atoms with Crippen LogP contribution in [0.4, 0.5) is 0 Å². The van der Waals surface area contributed by atoms with Crippen LogP contribution in [0.2, 0.25) is 0 Å². The molecule has 2 rings (SSSR count). The van der Waals surface area contributed by atoms with Crippen LogP contribution in [0.15, 0.2) is 22.7 Å². The average molecular weight is 354 g/mol. The Balaban J connectivity index is 2.39. The molecule has 0 amide bonds. The number of hydrogen-bond acceptors (Lipinski definition) is 2. The zero-order valence-electron chi connectivity index (χ0n) is 13.5. The van der Waals surface area contributed by atoms with Crippen molar-refractivity contribution in [2.24, 2.45) is 5.41 Å². The van der Waals surface area contributed by atoms with Crippen LogP contribution in [-0.2, 0) is 0 Å². The molecule has 0 aliphatic heterocycles. The highest BCUT2D eigenvalue weighted by atomic mass is 79.9. The third kappa shape index (κ3) is 4.01. The van der Waals surface area contributed by atoms with Gasteiger partial charge in [-0.25, -0.2) is 0 Å². The molecule has 0 spiro atoms. The first-order valence-electron chi connectivity index (χ1n) is 8.26. The number of ether oxygens (including phenoxy) is 1. The van der Waals surface area contributed by atoms with E-state index in [1.807, 2.05) is 0 Å². The van der Waals surface area contributed by atoms with Crippen molar-refractivity contribution < 1.29 is 4.74 Å². The van der Waals surface area contributed by atoms with Crippen LogP contribution in [0.1, 0.15) is 64.5 Å². The lowest BCUT2D eigenvalue weighted by Crippen LogP contribution is -2.38. The molecule has 0 bridgehead atoms. The minimum Gasteiger partial charge on any atom is -0.494 e. The normalized spacial score (nSPS) is 19.2. The SMILES string of the molecule is CCNC(c1cc(Br)ccc1OCC)C1(C)CCCCC1. The van der Waals surface area contributed by atoms with E-state index in [1.54, 1.807) is 0 Å². The third-order valence-electron chi connectivity index (χ3n) is 4.68. The molecule has 0 saturated heterocycles. The van der Waals surface area contributed by atoms with Gasteiger partial charge in [0.2, 0.25) is 0 Å². The number of nitrogens with one attached hydrogen (secondary N) is 1. The van der Waals surface area contributed by atoms with Gasteiger partial charge in [-0.3, -0.25) is 0 Å². The second-order valence-electron chi connectivity index (χ2n) is 6.32. The highest BCUT2D eigenvalue weighted by Gasteiger charge is 2.37. The summed E-state index contributed by atoms with van der Waals surface area (Å²) in [7, 11) is 0. The Kier molecular flexibility index (Phi) is 6.12. The number of rotatable bonds is 6. The molecule has 2 nitrogen and oxygen atoms in total. The van der Waals surface area contributed by atoms with E-state index in [9.17, 15) is 0 Å². The second kappa shape index (κ2) is 7.64. The molecule has 1 aromatic rings. The van der Waals surface area contributed by atoms with Gasteiger partial charge in [0.1, 0.15) is 5.75 Å². The molecule has 1 aromatic carbocycles. The summed E-state index contributed by atoms with van der Waals surface area (Å²) in [4.78, 5) is 0. The van der Waals surface area contributed by atoms with E-state index in [0.717, 1.165) is 16.8 Å². The van der Waals surface area contributed by atoms with Gasteiger partial charge in [0.05, 0.1) is 6.61 Å². The van der Waals surface area contributed by atoms with E-state index >= 15 is 0 Å². The summed E-state index contributed by atoms with van der Waals surface area (Å²) in [5.41, 5.74) is 1.62. The average Bonchev–Trinajstić information content (AvgIpc) is 2.47. The van der Waals surface area contributed by atoms with Crippen molar-refractivity contribution in [2.45, 2.75) is 58.9 Å². The van der Waals surface area contributed by atoms with Gasteiger partial charge in [-0.05, 0) is 49.9 Å². The van der Waals surface area contributed by atoms with Crippen molar-refractivity contribution in [1.29, 1.82) is 0 Å². The largest absolute Gasteiger partial charge is 0.494 e. The molecule has 1 saturated carbocycles. The summed E-state index contributed by atoms with van der Waals surface area (Å²) in [5.74, 6) is 1.03. The Labute approximate surface area is 137 Å². The first-order chi connectivity index (χ1) is 10.1. The summed E-state index contributed by atoms with van der Waals surface area (Å²) >= 11 is 3.63. The lowest BCUT2D eigenvalue weighted by molar-refractivity contribution is 0.143. The molecule has 1 aliphatic carbocycles. The Hall–Kier alpha value is -0.540. The molecule has 1 fully saturated rings.